The molecular formula is C16H19BrClNO2. The molecule has 2 aromatic carbocycles. The predicted molar refractivity (Wildman–Crippen MR) is 91.5 cm³/mol. The summed E-state index contributed by atoms with van der Waals surface area (Å²) in [7, 11) is 1.64. The van der Waals surface area contributed by atoms with Gasteiger partial charge in [0.05, 0.1) is 7.11 Å². The molecule has 0 amide bonds. The van der Waals surface area contributed by atoms with E-state index in [2.05, 4.69) is 15.9 Å². The van der Waals surface area contributed by atoms with Crippen molar-refractivity contribution in [1.82, 2.24) is 0 Å². The van der Waals surface area contributed by atoms with Crippen molar-refractivity contribution in [3.8, 4) is 11.5 Å². The summed E-state index contributed by atoms with van der Waals surface area (Å²) in [5, 5.41) is 0. The Hall–Kier alpha value is -1.23. The summed E-state index contributed by atoms with van der Waals surface area (Å²) < 4.78 is 12.2. The molecule has 5 heteroatoms. The molecule has 0 saturated heterocycles. The van der Waals surface area contributed by atoms with E-state index in [9.17, 15) is 0 Å². The molecule has 0 spiro atoms. The Morgan fingerprint density at radius 1 is 1.10 bits per heavy atom. The maximum Gasteiger partial charge on any atom is 0.162 e. The Kier molecular flexibility index (Phi) is 7.57. The molecule has 2 N–H and O–H groups in total. The van der Waals surface area contributed by atoms with Gasteiger partial charge >= 0.3 is 0 Å². The van der Waals surface area contributed by atoms with E-state index in [0.717, 1.165) is 27.8 Å². The molecule has 0 unspecified atom stereocenters. The maximum absolute atomic E-state index is 5.87. The number of ether oxygens (including phenoxy) is 2. The van der Waals surface area contributed by atoms with Crippen LogP contribution in [0.25, 0.3) is 0 Å². The highest BCUT2D eigenvalue weighted by molar-refractivity contribution is 9.10. The molecular weight excluding hydrogens is 354 g/mol. The van der Waals surface area contributed by atoms with Gasteiger partial charge in [-0.05, 0) is 36.2 Å². The second-order valence-corrected chi connectivity index (χ2v) is 5.26. The summed E-state index contributed by atoms with van der Waals surface area (Å²) in [6.07, 6.45) is 0.798. The first-order valence-corrected chi connectivity index (χ1v) is 7.27. The first-order chi connectivity index (χ1) is 9.74. The van der Waals surface area contributed by atoms with E-state index in [-0.39, 0.29) is 12.4 Å². The fourth-order valence-corrected chi connectivity index (χ4v) is 2.45. The fraction of sp³-hybridized carbons (Fsp3) is 0.250. The van der Waals surface area contributed by atoms with E-state index in [1.54, 1.807) is 7.11 Å². The SMILES string of the molecule is COc1cc(Br)c(CCN)cc1OCc1ccccc1.Cl. The molecule has 21 heavy (non-hydrogen) atoms. The van der Waals surface area contributed by atoms with Gasteiger partial charge in [0.2, 0.25) is 0 Å². The summed E-state index contributed by atoms with van der Waals surface area (Å²) in [6, 6.07) is 14.0. The molecule has 0 bridgehead atoms. The molecule has 0 aliphatic rings. The van der Waals surface area contributed by atoms with Crippen molar-refractivity contribution in [2.24, 2.45) is 5.73 Å². The average molecular weight is 373 g/mol. The van der Waals surface area contributed by atoms with Crippen LogP contribution in [0.2, 0.25) is 0 Å². The van der Waals surface area contributed by atoms with Crippen molar-refractivity contribution in [2.45, 2.75) is 13.0 Å². The standard InChI is InChI=1S/C16H18BrNO2.ClH/c1-19-15-10-14(17)13(7-8-18)9-16(15)20-11-12-5-3-2-4-6-12;/h2-6,9-10H,7-8,11,18H2,1H3;1H. The minimum absolute atomic E-state index is 0. The van der Waals surface area contributed by atoms with Crippen LogP contribution in [-0.2, 0) is 13.0 Å². The number of methoxy groups -OCH3 is 1. The van der Waals surface area contributed by atoms with Gasteiger partial charge in [0.1, 0.15) is 6.61 Å². The van der Waals surface area contributed by atoms with Gasteiger partial charge in [-0.15, -0.1) is 12.4 Å². The first-order valence-electron chi connectivity index (χ1n) is 6.47. The van der Waals surface area contributed by atoms with E-state index in [0.29, 0.717) is 18.9 Å². The van der Waals surface area contributed by atoms with Crippen molar-refractivity contribution >= 4 is 28.3 Å². The minimum Gasteiger partial charge on any atom is -0.493 e. The third-order valence-corrected chi connectivity index (χ3v) is 3.72. The molecule has 2 aromatic rings. The van der Waals surface area contributed by atoms with Crippen molar-refractivity contribution in [2.75, 3.05) is 13.7 Å². The third-order valence-electron chi connectivity index (χ3n) is 2.98. The van der Waals surface area contributed by atoms with Crippen LogP contribution in [0.5, 0.6) is 11.5 Å². The fourth-order valence-electron chi connectivity index (χ4n) is 1.93. The van der Waals surface area contributed by atoms with E-state index in [1.165, 1.54) is 0 Å². The van der Waals surface area contributed by atoms with Crippen molar-refractivity contribution in [1.29, 1.82) is 0 Å². The Balaban J connectivity index is 0.00000220. The van der Waals surface area contributed by atoms with Crippen LogP contribution in [0.1, 0.15) is 11.1 Å². The highest BCUT2D eigenvalue weighted by Gasteiger charge is 2.10. The number of hydrogen-bond acceptors (Lipinski definition) is 3. The van der Waals surface area contributed by atoms with Gasteiger partial charge in [-0.25, -0.2) is 0 Å². The summed E-state index contributed by atoms with van der Waals surface area (Å²) in [6.45, 7) is 1.12. The van der Waals surface area contributed by atoms with Crippen LogP contribution in [0, 0.1) is 0 Å². The molecule has 0 saturated carbocycles. The number of halogens is 2. The zero-order chi connectivity index (χ0) is 14.4. The number of benzene rings is 2. The number of rotatable bonds is 6. The van der Waals surface area contributed by atoms with Crippen molar-refractivity contribution in [3.63, 3.8) is 0 Å². The highest BCUT2D eigenvalue weighted by Crippen LogP contribution is 2.34. The molecule has 0 fully saturated rings. The Morgan fingerprint density at radius 3 is 2.43 bits per heavy atom. The van der Waals surface area contributed by atoms with E-state index in [1.807, 2.05) is 42.5 Å². The smallest absolute Gasteiger partial charge is 0.162 e. The van der Waals surface area contributed by atoms with Crippen molar-refractivity contribution < 1.29 is 9.47 Å². The van der Waals surface area contributed by atoms with Gasteiger partial charge in [0, 0.05) is 4.47 Å². The molecule has 2 rings (SSSR count). The lowest BCUT2D eigenvalue weighted by molar-refractivity contribution is 0.284. The second-order valence-electron chi connectivity index (χ2n) is 4.41. The molecule has 3 nitrogen and oxygen atoms in total. The monoisotopic (exact) mass is 371 g/mol. The topological polar surface area (TPSA) is 44.5 Å². The zero-order valence-electron chi connectivity index (χ0n) is 11.8. The average Bonchev–Trinajstić information content (AvgIpc) is 2.48. The molecule has 0 atom stereocenters. The Morgan fingerprint density at radius 2 is 1.81 bits per heavy atom. The van der Waals surface area contributed by atoms with Gasteiger partial charge in [-0.2, -0.15) is 0 Å². The molecule has 0 radical (unpaired) electrons. The summed E-state index contributed by atoms with van der Waals surface area (Å²) in [4.78, 5) is 0. The molecule has 0 aliphatic heterocycles. The van der Waals surface area contributed by atoms with Gasteiger partial charge in [0.25, 0.3) is 0 Å². The van der Waals surface area contributed by atoms with Gasteiger partial charge in [-0.1, -0.05) is 46.3 Å². The third kappa shape index (κ3) is 4.92. The summed E-state index contributed by atoms with van der Waals surface area (Å²) >= 11 is 3.53. The molecule has 0 heterocycles. The maximum atomic E-state index is 5.87. The van der Waals surface area contributed by atoms with Crippen LogP contribution in [0.15, 0.2) is 46.9 Å². The molecule has 0 aromatic heterocycles. The van der Waals surface area contributed by atoms with E-state index >= 15 is 0 Å². The largest absolute Gasteiger partial charge is 0.493 e. The van der Waals surface area contributed by atoms with Crippen LogP contribution >= 0.6 is 28.3 Å². The van der Waals surface area contributed by atoms with Crippen LogP contribution in [0.4, 0.5) is 0 Å². The van der Waals surface area contributed by atoms with Crippen LogP contribution in [-0.4, -0.2) is 13.7 Å². The van der Waals surface area contributed by atoms with Gasteiger partial charge < -0.3 is 15.2 Å². The second kappa shape index (κ2) is 8.93. The van der Waals surface area contributed by atoms with Crippen LogP contribution in [0.3, 0.4) is 0 Å². The lowest BCUT2D eigenvalue weighted by Gasteiger charge is -2.14. The molecule has 114 valence electrons. The Labute approximate surface area is 140 Å². The predicted octanol–water partition coefficient (Wildman–Crippen LogP) is 3.96. The minimum atomic E-state index is 0. The number of hydrogen-bond donors (Lipinski definition) is 1. The highest BCUT2D eigenvalue weighted by atomic mass is 79.9. The van der Waals surface area contributed by atoms with E-state index in [4.69, 9.17) is 15.2 Å². The first kappa shape index (κ1) is 17.8. The quantitative estimate of drug-likeness (QED) is 0.835. The van der Waals surface area contributed by atoms with E-state index < -0.39 is 0 Å². The van der Waals surface area contributed by atoms with Crippen LogP contribution < -0.4 is 15.2 Å². The number of nitrogens with two attached hydrogens (primary N) is 1. The summed E-state index contributed by atoms with van der Waals surface area (Å²) in [5.41, 5.74) is 7.87. The summed E-state index contributed by atoms with van der Waals surface area (Å²) in [5.74, 6) is 1.46. The molecule has 0 aliphatic carbocycles. The lowest BCUT2D eigenvalue weighted by Crippen LogP contribution is -2.05. The van der Waals surface area contributed by atoms with Gasteiger partial charge in [0.15, 0.2) is 11.5 Å². The Bertz CT molecular complexity index is 564. The van der Waals surface area contributed by atoms with Crippen molar-refractivity contribution in [3.05, 3.63) is 58.1 Å². The zero-order valence-corrected chi connectivity index (χ0v) is 14.2. The normalized spacial score (nSPS) is 9.86. The lowest BCUT2D eigenvalue weighted by atomic mass is 10.1. The van der Waals surface area contributed by atoms with Gasteiger partial charge in [-0.3, -0.25) is 0 Å².